The third kappa shape index (κ3) is 13.1. The van der Waals surface area contributed by atoms with Crippen LogP contribution in [0.3, 0.4) is 0 Å². The molecular weight excluding hydrogens is 1460 g/mol. The van der Waals surface area contributed by atoms with Gasteiger partial charge in [0.1, 0.15) is 17.2 Å². The summed E-state index contributed by atoms with van der Waals surface area (Å²) in [4.78, 5) is 60.8. The number of nitrogens with zero attached hydrogens (tertiary/aromatic N) is 14. The predicted octanol–water partition coefficient (Wildman–Crippen LogP) is 23.6. The van der Waals surface area contributed by atoms with Crippen LogP contribution in [0, 0.1) is 11.6 Å². The highest BCUT2D eigenvalue weighted by atomic mass is 19.4. The molecule has 0 N–H and O–H groups in total. The molecule has 14 nitrogen and oxygen atoms in total. The number of halogens is 5. The molecule has 6 aromatic heterocycles. The molecule has 116 heavy (non-hydrogen) atoms. The Hall–Kier alpha value is -15.6. The van der Waals surface area contributed by atoms with Gasteiger partial charge in [-0.1, -0.05) is 243 Å². The third-order valence-corrected chi connectivity index (χ3v) is 20.4. The molecule has 0 amide bonds. The zero-order valence-electron chi connectivity index (χ0n) is 61.1. The van der Waals surface area contributed by atoms with E-state index in [1.54, 1.807) is 57.7 Å². The molecule has 0 saturated carbocycles. The largest absolute Gasteiger partial charge is 0.420 e. The van der Waals surface area contributed by atoms with Gasteiger partial charge in [-0.25, -0.2) is 68.6 Å². The van der Waals surface area contributed by atoms with Crippen molar-refractivity contribution in [2.75, 3.05) is 0 Å². The second-order valence-corrected chi connectivity index (χ2v) is 27.8. The first kappa shape index (κ1) is 69.6. The van der Waals surface area contributed by atoms with E-state index in [0.29, 0.717) is 112 Å². The second-order valence-electron chi connectivity index (χ2n) is 27.8. The van der Waals surface area contributed by atoms with E-state index < -0.39 is 23.4 Å². The molecule has 20 rings (SSSR count). The van der Waals surface area contributed by atoms with Crippen molar-refractivity contribution < 1.29 is 22.0 Å². The number of fused-ring (bicyclic) bond motifs is 6. The van der Waals surface area contributed by atoms with Crippen LogP contribution in [0.2, 0.25) is 0 Å². The monoisotopic (exact) mass is 1510 g/mol. The van der Waals surface area contributed by atoms with Gasteiger partial charge < -0.3 is 9.13 Å². The first-order chi connectivity index (χ1) is 56.9. The van der Waals surface area contributed by atoms with Gasteiger partial charge in [0.05, 0.1) is 33.4 Å². The van der Waals surface area contributed by atoms with Crippen LogP contribution in [-0.4, -0.2) is 68.9 Å². The Morgan fingerprint density at radius 1 is 0.181 bits per heavy atom. The van der Waals surface area contributed by atoms with Gasteiger partial charge in [-0.05, 0) is 108 Å². The van der Waals surface area contributed by atoms with Crippen molar-refractivity contribution in [2.24, 2.45) is 0 Å². The molecule has 0 aliphatic rings. The van der Waals surface area contributed by atoms with Gasteiger partial charge in [-0.2, -0.15) is 13.2 Å². The first-order valence-electron chi connectivity index (χ1n) is 37.3. The van der Waals surface area contributed by atoms with Crippen LogP contribution in [0.4, 0.5) is 22.0 Å². The fourth-order valence-electron chi connectivity index (χ4n) is 15.0. The van der Waals surface area contributed by atoms with E-state index in [1.807, 2.05) is 267 Å². The van der Waals surface area contributed by atoms with Gasteiger partial charge in [0.15, 0.2) is 69.9 Å². The van der Waals surface area contributed by atoms with Gasteiger partial charge in [0.25, 0.3) is 0 Å². The van der Waals surface area contributed by atoms with Crippen LogP contribution in [-0.2, 0) is 6.18 Å². The van der Waals surface area contributed by atoms with Gasteiger partial charge in [0, 0.05) is 94.4 Å². The Labute approximate surface area is 659 Å². The topological polar surface area (TPSA) is 165 Å². The van der Waals surface area contributed by atoms with Crippen LogP contribution in [0.25, 0.3) is 203 Å². The summed E-state index contributed by atoms with van der Waals surface area (Å²) >= 11 is 0. The molecule has 6 heterocycles. The van der Waals surface area contributed by atoms with Crippen molar-refractivity contribution >= 4 is 43.6 Å². The zero-order valence-corrected chi connectivity index (χ0v) is 61.1. The summed E-state index contributed by atoms with van der Waals surface area (Å²) in [7, 11) is 0. The van der Waals surface area contributed by atoms with Crippen LogP contribution >= 0.6 is 0 Å². The maximum Gasteiger partial charge on any atom is 0.420 e. The van der Waals surface area contributed by atoms with Crippen molar-refractivity contribution in [1.29, 1.82) is 0 Å². The Morgan fingerprint density at radius 3 is 0.552 bits per heavy atom. The maximum absolute atomic E-state index is 18.1. The lowest BCUT2D eigenvalue weighted by atomic mass is 9.98. The molecular formula is C97H57F5N14. The van der Waals surface area contributed by atoms with E-state index >= 15 is 22.0 Å². The summed E-state index contributed by atoms with van der Waals surface area (Å²) in [6, 6.07) is 103. The summed E-state index contributed by atoms with van der Waals surface area (Å²) in [5, 5.41) is 1.91. The standard InChI is InChI=1S/C97H57F5N14/c98-72-49-70(50-73(99)57-72)71-55-82(115-78-45-41-66(93-107-85(58-25-9-1-10-26-58)103-86(108-93)59-27-11-2-12-28-59)51-74(78)75-52-67(42-46-79(75)115)94-109-87(60-29-13-3-14-30-60)104-88(110-94)61-31-15-4-16-32-61)84(97(100,101)102)83(56-71)116-80-47-43-68(95-111-89(62-33-17-5-18-34-62)105-90(112-95)63-35-19-6-20-36-63)53-76(80)77-54-69(44-48-81(77)116)96-113-91(64-37-21-7-22-38-64)106-92(114-96)65-39-23-8-24-40-65/h1-57H. The SMILES string of the molecule is Fc1cc(F)cc(-c2cc(-n3c4ccc(-c5nc(-c6ccccc6)nc(-c6ccccc6)n5)cc4c4cc(-c5nc(-c6ccccc6)nc(-c6ccccc6)n5)ccc43)c(C(F)(F)F)c(-n3c4ccc(-c5nc(-c6ccccc6)nc(-c6ccccc6)n5)cc4c4cc(-c5nc(-c6ccccc6)nc(-c6ccccc6)n5)ccc43)c2)c1. The number of alkyl halides is 3. The molecule has 0 aliphatic heterocycles. The fraction of sp³-hybridized carbons (Fsp3) is 0.0103. The number of hydrogen-bond acceptors (Lipinski definition) is 12. The quantitative estimate of drug-likeness (QED) is 0.0894. The van der Waals surface area contributed by atoms with Gasteiger partial charge >= 0.3 is 6.18 Å². The summed E-state index contributed by atoms with van der Waals surface area (Å²) in [5.41, 5.74) is 7.26. The minimum absolute atomic E-state index is 0.0393. The van der Waals surface area contributed by atoms with Crippen molar-refractivity contribution in [3.63, 3.8) is 0 Å². The maximum atomic E-state index is 18.1. The van der Waals surface area contributed by atoms with Crippen molar-refractivity contribution in [2.45, 2.75) is 6.18 Å². The van der Waals surface area contributed by atoms with Crippen molar-refractivity contribution in [1.82, 2.24) is 68.9 Å². The molecule has 0 saturated heterocycles. The summed E-state index contributed by atoms with van der Waals surface area (Å²) in [5.74, 6) is 2.38. The Morgan fingerprint density at radius 2 is 0.362 bits per heavy atom. The van der Waals surface area contributed by atoms with Crippen LogP contribution in [0.1, 0.15) is 5.56 Å². The Bertz CT molecular complexity index is 6170. The van der Waals surface area contributed by atoms with Crippen LogP contribution in [0.15, 0.2) is 346 Å². The molecule has 0 fully saturated rings. The van der Waals surface area contributed by atoms with Gasteiger partial charge in [-0.3, -0.25) is 0 Å². The van der Waals surface area contributed by atoms with Crippen molar-refractivity contribution in [3.8, 4) is 159 Å². The van der Waals surface area contributed by atoms with E-state index in [-0.39, 0.29) is 45.8 Å². The first-order valence-corrected chi connectivity index (χ1v) is 37.3. The lowest BCUT2D eigenvalue weighted by molar-refractivity contribution is -0.137. The summed E-state index contributed by atoms with van der Waals surface area (Å²) < 4.78 is 89.7. The zero-order chi connectivity index (χ0) is 78.0. The summed E-state index contributed by atoms with van der Waals surface area (Å²) in [6.07, 6.45) is -5.21. The lowest BCUT2D eigenvalue weighted by Gasteiger charge is -2.23. The fourth-order valence-corrected chi connectivity index (χ4v) is 15.0. The average molecular weight is 1510 g/mol. The number of aromatic nitrogens is 14. The van der Waals surface area contributed by atoms with E-state index in [9.17, 15) is 0 Å². The smallest absolute Gasteiger partial charge is 0.309 e. The Kier molecular flexibility index (Phi) is 17.3. The number of benzene rings is 14. The van der Waals surface area contributed by atoms with E-state index in [4.69, 9.17) is 59.8 Å². The normalized spacial score (nSPS) is 11.7. The predicted molar refractivity (Wildman–Crippen MR) is 444 cm³/mol. The molecule has 550 valence electrons. The average Bonchev–Trinajstić information content (AvgIpc) is 1.54. The van der Waals surface area contributed by atoms with Crippen LogP contribution in [0.5, 0.6) is 0 Å². The highest BCUT2D eigenvalue weighted by Gasteiger charge is 2.40. The van der Waals surface area contributed by atoms with E-state index in [0.717, 1.165) is 62.7 Å². The highest BCUT2D eigenvalue weighted by Crippen LogP contribution is 2.49. The summed E-state index contributed by atoms with van der Waals surface area (Å²) in [6.45, 7) is 0. The van der Waals surface area contributed by atoms with E-state index in [1.165, 1.54) is 12.1 Å². The second kappa shape index (κ2) is 28.9. The molecule has 0 atom stereocenters. The van der Waals surface area contributed by atoms with E-state index in [2.05, 4.69) is 0 Å². The number of rotatable bonds is 15. The molecule has 0 aliphatic carbocycles. The molecule has 20 aromatic rings. The molecule has 19 heteroatoms. The van der Waals surface area contributed by atoms with Crippen LogP contribution < -0.4 is 0 Å². The third-order valence-electron chi connectivity index (χ3n) is 20.4. The van der Waals surface area contributed by atoms with Gasteiger partial charge in [0.2, 0.25) is 0 Å². The number of hydrogen-bond donors (Lipinski definition) is 0. The molecule has 0 radical (unpaired) electrons. The van der Waals surface area contributed by atoms with Gasteiger partial charge in [-0.15, -0.1) is 0 Å². The van der Waals surface area contributed by atoms with Crippen molar-refractivity contribution in [3.05, 3.63) is 363 Å². The molecule has 0 spiro atoms. The molecule has 14 aromatic carbocycles. The molecule has 0 unspecified atom stereocenters. The Balaban J connectivity index is 0.872. The molecule has 0 bridgehead atoms. The minimum atomic E-state index is -5.21. The minimum Gasteiger partial charge on any atom is -0.309 e. The lowest BCUT2D eigenvalue weighted by Crippen LogP contribution is -2.16. The highest BCUT2D eigenvalue weighted by molar-refractivity contribution is 6.14.